The van der Waals surface area contributed by atoms with E-state index in [1.807, 2.05) is 34.9 Å². The zero-order valence-corrected chi connectivity index (χ0v) is 15.2. The molecule has 4 heteroatoms. The van der Waals surface area contributed by atoms with Crippen LogP contribution in [-0.2, 0) is 11.2 Å². The molecule has 1 N–H and O–H groups in total. The Morgan fingerprint density at radius 2 is 1.88 bits per heavy atom. The van der Waals surface area contributed by atoms with Crippen LogP contribution in [0.2, 0.25) is 0 Å². The number of aromatic nitrogens is 2. The summed E-state index contributed by atoms with van der Waals surface area (Å²) in [6.45, 7) is 2.06. The molecular formula is C22H25N3O. The van der Waals surface area contributed by atoms with E-state index in [1.165, 1.54) is 12.0 Å². The molecule has 0 bridgehead atoms. The van der Waals surface area contributed by atoms with Crippen molar-refractivity contribution in [3.05, 3.63) is 65.5 Å². The van der Waals surface area contributed by atoms with Crippen LogP contribution in [-0.4, -0.2) is 15.3 Å². The summed E-state index contributed by atoms with van der Waals surface area (Å²) < 4.78 is 2.02. The normalized spacial score (nSPS) is 15.3. The first kappa shape index (κ1) is 16.8. The number of rotatable bonds is 4. The molecule has 1 aromatic carbocycles. The van der Waals surface area contributed by atoms with Crippen LogP contribution in [0.15, 0.2) is 48.7 Å². The Morgan fingerprint density at radius 1 is 1.12 bits per heavy atom. The molecule has 0 atom stereocenters. The van der Waals surface area contributed by atoms with E-state index in [-0.39, 0.29) is 11.8 Å². The third kappa shape index (κ3) is 3.50. The van der Waals surface area contributed by atoms with Crippen LogP contribution in [0, 0.1) is 12.8 Å². The summed E-state index contributed by atoms with van der Waals surface area (Å²) >= 11 is 0. The Balaban J connectivity index is 1.69. The summed E-state index contributed by atoms with van der Waals surface area (Å²) in [6, 6.07) is 14.4. The van der Waals surface area contributed by atoms with Crippen molar-refractivity contribution in [2.24, 2.45) is 5.92 Å². The van der Waals surface area contributed by atoms with Crippen molar-refractivity contribution in [1.29, 1.82) is 0 Å². The number of amides is 1. The molecule has 1 saturated carbocycles. The molecule has 0 radical (unpaired) electrons. The maximum absolute atomic E-state index is 12.8. The number of fused-ring (bicyclic) bond motifs is 1. The van der Waals surface area contributed by atoms with Crippen LogP contribution in [0.3, 0.4) is 0 Å². The Bertz CT molecular complexity index is 908. The van der Waals surface area contributed by atoms with E-state index >= 15 is 0 Å². The molecule has 0 saturated heterocycles. The molecule has 26 heavy (non-hydrogen) atoms. The summed E-state index contributed by atoms with van der Waals surface area (Å²) in [7, 11) is 0. The molecule has 1 aliphatic rings. The van der Waals surface area contributed by atoms with Crippen LogP contribution in [0.4, 0.5) is 5.82 Å². The fraction of sp³-hybridized carbons (Fsp3) is 0.364. The van der Waals surface area contributed by atoms with Crippen molar-refractivity contribution >= 4 is 17.4 Å². The minimum absolute atomic E-state index is 0.128. The summed E-state index contributed by atoms with van der Waals surface area (Å²) in [6.07, 6.45) is 8.31. The topological polar surface area (TPSA) is 46.4 Å². The van der Waals surface area contributed by atoms with E-state index in [1.54, 1.807) is 0 Å². The highest BCUT2D eigenvalue weighted by atomic mass is 16.2. The predicted molar refractivity (Wildman–Crippen MR) is 104 cm³/mol. The smallest absolute Gasteiger partial charge is 0.228 e. The molecule has 0 spiro atoms. The van der Waals surface area contributed by atoms with Crippen molar-refractivity contribution in [2.75, 3.05) is 5.32 Å². The minimum Gasteiger partial charge on any atom is -0.310 e. The third-order valence-corrected chi connectivity index (χ3v) is 5.27. The SMILES string of the molecule is Cc1ccc2nc(Cc3ccccc3)c(NC(=O)C3CCCCC3)n2c1. The zero-order valence-electron chi connectivity index (χ0n) is 15.2. The lowest BCUT2D eigenvalue weighted by atomic mass is 9.88. The van der Waals surface area contributed by atoms with Gasteiger partial charge in [0.2, 0.25) is 5.91 Å². The van der Waals surface area contributed by atoms with Gasteiger partial charge in [0.1, 0.15) is 11.5 Å². The molecule has 2 heterocycles. The van der Waals surface area contributed by atoms with Crippen molar-refractivity contribution in [3.63, 3.8) is 0 Å². The van der Waals surface area contributed by atoms with E-state index in [9.17, 15) is 4.79 Å². The van der Waals surface area contributed by atoms with Gasteiger partial charge < -0.3 is 5.32 Å². The fourth-order valence-corrected chi connectivity index (χ4v) is 3.83. The van der Waals surface area contributed by atoms with E-state index in [0.717, 1.165) is 48.4 Å². The van der Waals surface area contributed by atoms with Gasteiger partial charge in [-0.1, -0.05) is 55.7 Å². The predicted octanol–water partition coefficient (Wildman–Crippen LogP) is 4.75. The Kier molecular flexibility index (Phi) is 4.74. The molecular weight excluding hydrogens is 322 g/mol. The lowest BCUT2D eigenvalue weighted by molar-refractivity contribution is -0.120. The Morgan fingerprint density at radius 3 is 2.65 bits per heavy atom. The van der Waals surface area contributed by atoms with Crippen molar-refractivity contribution in [1.82, 2.24) is 9.38 Å². The van der Waals surface area contributed by atoms with Gasteiger partial charge in [0.15, 0.2) is 0 Å². The fourth-order valence-electron chi connectivity index (χ4n) is 3.83. The number of nitrogens with zero attached hydrogens (tertiary/aromatic N) is 2. The van der Waals surface area contributed by atoms with Gasteiger partial charge in [0.05, 0.1) is 5.69 Å². The first-order valence-electron chi connectivity index (χ1n) is 9.53. The summed E-state index contributed by atoms with van der Waals surface area (Å²) in [5.41, 5.74) is 4.14. The van der Waals surface area contributed by atoms with E-state index < -0.39 is 0 Å². The molecule has 4 nitrogen and oxygen atoms in total. The lowest BCUT2D eigenvalue weighted by Gasteiger charge is -2.21. The lowest BCUT2D eigenvalue weighted by Crippen LogP contribution is -2.25. The Hall–Kier alpha value is -2.62. The molecule has 0 aliphatic heterocycles. The second-order valence-electron chi connectivity index (χ2n) is 7.33. The van der Waals surface area contributed by atoms with Gasteiger partial charge in [-0.15, -0.1) is 0 Å². The molecule has 3 aromatic rings. The van der Waals surface area contributed by atoms with E-state index in [0.29, 0.717) is 6.42 Å². The first-order chi connectivity index (χ1) is 12.7. The van der Waals surface area contributed by atoms with Crippen LogP contribution < -0.4 is 5.32 Å². The number of carbonyl (C=O) groups is 1. The number of aryl methyl sites for hydroxylation is 1. The molecule has 2 aromatic heterocycles. The van der Waals surface area contributed by atoms with Crippen LogP contribution in [0.5, 0.6) is 0 Å². The molecule has 134 valence electrons. The summed E-state index contributed by atoms with van der Waals surface area (Å²) in [4.78, 5) is 17.6. The monoisotopic (exact) mass is 347 g/mol. The van der Waals surface area contributed by atoms with Crippen molar-refractivity contribution in [3.8, 4) is 0 Å². The van der Waals surface area contributed by atoms with Crippen LogP contribution >= 0.6 is 0 Å². The van der Waals surface area contributed by atoms with Crippen LogP contribution in [0.25, 0.3) is 5.65 Å². The van der Waals surface area contributed by atoms with Crippen molar-refractivity contribution in [2.45, 2.75) is 45.4 Å². The highest BCUT2D eigenvalue weighted by Gasteiger charge is 2.23. The highest BCUT2D eigenvalue weighted by molar-refractivity contribution is 5.93. The van der Waals surface area contributed by atoms with Gasteiger partial charge in [-0.05, 0) is 37.0 Å². The second kappa shape index (κ2) is 7.32. The molecule has 4 rings (SSSR count). The first-order valence-corrected chi connectivity index (χ1v) is 9.53. The van der Waals surface area contributed by atoms with Crippen LogP contribution in [0.1, 0.15) is 48.9 Å². The third-order valence-electron chi connectivity index (χ3n) is 5.27. The second-order valence-corrected chi connectivity index (χ2v) is 7.33. The van der Waals surface area contributed by atoms with Gasteiger partial charge in [-0.3, -0.25) is 9.20 Å². The minimum atomic E-state index is 0.128. The number of anilines is 1. The average Bonchev–Trinajstić information content (AvgIpc) is 3.00. The summed E-state index contributed by atoms with van der Waals surface area (Å²) in [5.74, 6) is 1.09. The zero-order chi connectivity index (χ0) is 17.9. The number of benzene rings is 1. The van der Waals surface area contributed by atoms with Gasteiger partial charge in [0.25, 0.3) is 0 Å². The number of hydrogen-bond donors (Lipinski definition) is 1. The molecule has 1 amide bonds. The number of carbonyl (C=O) groups excluding carboxylic acids is 1. The van der Waals surface area contributed by atoms with Gasteiger partial charge >= 0.3 is 0 Å². The maximum atomic E-state index is 12.8. The van der Waals surface area contributed by atoms with E-state index in [2.05, 4.69) is 30.4 Å². The Labute approximate surface area is 154 Å². The average molecular weight is 347 g/mol. The van der Waals surface area contributed by atoms with Gasteiger partial charge in [0, 0.05) is 18.5 Å². The number of nitrogens with one attached hydrogen (secondary N) is 1. The van der Waals surface area contributed by atoms with Crippen molar-refractivity contribution < 1.29 is 4.79 Å². The quantitative estimate of drug-likeness (QED) is 0.740. The largest absolute Gasteiger partial charge is 0.310 e. The molecule has 1 aliphatic carbocycles. The van der Waals surface area contributed by atoms with Gasteiger partial charge in [-0.25, -0.2) is 4.98 Å². The number of imidazole rings is 1. The molecule has 0 unspecified atom stereocenters. The highest BCUT2D eigenvalue weighted by Crippen LogP contribution is 2.27. The molecule has 1 fully saturated rings. The maximum Gasteiger partial charge on any atom is 0.228 e. The van der Waals surface area contributed by atoms with Gasteiger partial charge in [-0.2, -0.15) is 0 Å². The number of pyridine rings is 1. The van der Waals surface area contributed by atoms with E-state index in [4.69, 9.17) is 4.98 Å². The number of hydrogen-bond acceptors (Lipinski definition) is 2. The summed E-state index contributed by atoms with van der Waals surface area (Å²) in [5, 5.41) is 3.21. The standard InChI is InChI=1S/C22H25N3O/c1-16-12-13-20-23-19(14-17-8-4-2-5-9-17)21(25(20)15-16)24-22(26)18-10-6-3-7-11-18/h2,4-5,8-9,12-13,15,18H,3,6-7,10-11,14H2,1H3,(H,24,26).